The van der Waals surface area contributed by atoms with Crippen LogP contribution in [0.3, 0.4) is 0 Å². The number of hydrogen-bond acceptors (Lipinski definition) is 8. The molecule has 0 fully saturated rings. The molecule has 0 aliphatic heterocycles. The number of aromatic nitrogens is 4. The average molecular weight is 459 g/mol. The lowest BCUT2D eigenvalue weighted by atomic mass is 9.84. The highest BCUT2D eigenvalue weighted by molar-refractivity contribution is 7.90. The fourth-order valence-electron chi connectivity index (χ4n) is 3.65. The maximum absolute atomic E-state index is 11.7. The molecule has 1 aliphatic rings. The predicted octanol–water partition coefficient (Wildman–Crippen LogP) is 2.48. The third-order valence-electron chi connectivity index (χ3n) is 5.34. The number of primary amides is 1. The van der Waals surface area contributed by atoms with Crippen LogP contribution in [-0.2, 0) is 16.4 Å². The van der Waals surface area contributed by atoms with E-state index >= 15 is 0 Å². The second-order valence-corrected chi connectivity index (χ2v) is 9.61. The van der Waals surface area contributed by atoms with Crippen LogP contribution < -0.4 is 5.73 Å². The third-order valence-corrected chi connectivity index (χ3v) is 6.47. The van der Waals surface area contributed by atoms with Crippen LogP contribution in [0.2, 0.25) is 0 Å². The SMILES string of the molecule is CS(=O)(=O)c1ccc(C2=CCCC(c3coc(-c4n[nH]nc4CN(O)C(N)=O)n3)C2)cc1. The van der Waals surface area contributed by atoms with E-state index in [1.54, 1.807) is 18.4 Å². The van der Waals surface area contributed by atoms with Gasteiger partial charge in [-0.15, -0.1) is 0 Å². The van der Waals surface area contributed by atoms with E-state index in [1.165, 1.54) is 6.26 Å². The first-order chi connectivity index (χ1) is 15.2. The van der Waals surface area contributed by atoms with Crippen molar-refractivity contribution in [2.45, 2.75) is 36.6 Å². The number of allylic oxidation sites excluding steroid dienone is 2. The van der Waals surface area contributed by atoms with Crippen molar-refractivity contribution in [3.63, 3.8) is 0 Å². The van der Waals surface area contributed by atoms with E-state index in [-0.39, 0.29) is 34.6 Å². The molecule has 1 unspecified atom stereocenters. The predicted molar refractivity (Wildman–Crippen MR) is 113 cm³/mol. The highest BCUT2D eigenvalue weighted by atomic mass is 32.2. The van der Waals surface area contributed by atoms with Gasteiger partial charge in [-0.05, 0) is 42.5 Å². The Hall–Kier alpha value is -3.51. The van der Waals surface area contributed by atoms with Gasteiger partial charge in [-0.2, -0.15) is 15.4 Å². The third kappa shape index (κ3) is 4.55. The Labute approximate surface area is 183 Å². The quantitative estimate of drug-likeness (QED) is 0.374. The number of amides is 2. The molecule has 2 aromatic heterocycles. The summed E-state index contributed by atoms with van der Waals surface area (Å²) in [6, 6.07) is 5.86. The molecule has 11 nitrogen and oxygen atoms in total. The number of carbonyl (C=O) groups excluding carboxylic acids is 1. The van der Waals surface area contributed by atoms with Crippen LogP contribution in [0, 0.1) is 0 Å². The lowest BCUT2D eigenvalue weighted by molar-refractivity contribution is -0.0478. The number of nitrogens with two attached hydrogens (primary N) is 1. The highest BCUT2D eigenvalue weighted by Gasteiger charge is 2.24. The molecule has 1 aromatic carbocycles. The number of nitrogens with one attached hydrogen (secondary N) is 1. The minimum atomic E-state index is -3.24. The molecule has 0 radical (unpaired) electrons. The summed E-state index contributed by atoms with van der Waals surface area (Å²) in [5.41, 5.74) is 8.41. The Morgan fingerprint density at radius 3 is 2.75 bits per heavy atom. The second-order valence-electron chi connectivity index (χ2n) is 7.60. The van der Waals surface area contributed by atoms with Crippen LogP contribution in [0.4, 0.5) is 4.79 Å². The van der Waals surface area contributed by atoms with Crippen LogP contribution >= 0.6 is 0 Å². The topological polar surface area (TPSA) is 168 Å². The summed E-state index contributed by atoms with van der Waals surface area (Å²) in [7, 11) is -3.24. The summed E-state index contributed by atoms with van der Waals surface area (Å²) in [6.07, 6.45) is 7.37. The number of aromatic amines is 1. The van der Waals surface area contributed by atoms with Crippen LogP contribution in [0.15, 0.2) is 45.9 Å². The monoisotopic (exact) mass is 458 g/mol. The number of H-pyrrole nitrogens is 1. The van der Waals surface area contributed by atoms with Crippen molar-refractivity contribution in [2.24, 2.45) is 5.73 Å². The zero-order valence-corrected chi connectivity index (χ0v) is 18.0. The molecule has 0 saturated heterocycles. The van der Waals surface area contributed by atoms with E-state index in [9.17, 15) is 18.4 Å². The first-order valence-electron chi connectivity index (χ1n) is 9.83. The van der Waals surface area contributed by atoms with Crippen LogP contribution in [0.5, 0.6) is 0 Å². The van der Waals surface area contributed by atoms with Gasteiger partial charge in [0.1, 0.15) is 12.0 Å². The number of benzene rings is 1. The fourth-order valence-corrected chi connectivity index (χ4v) is 4.28. The number of hydroxylamine groups is 2. The molecule has 4 N–H and O–H groups in total. The van der Waals surface area contributed by atoms with E-state index in [0.717, 1.165) is 36.1 Å². The van der Waals surface area contributed by atoms with Gasteiger partial charge in [0.2, 0.25) is 5.89 Å². The number of rotatable bonds is 6. The summed E-state index contributed by atoms with van der Waals surface area (Å²) in [6.45, 7) is -0.265. The average Bonchev–Trinajstić information content (AvgIpc) is 3.42. The summed E-state index contributed by atoms with van der Waals surface area (Å²) >= 11 is 0. The lowest BCUT2D eigenvalue weighted by Crippen LogP contribution is -2.32. The van der Waals surface area contributed by atoms with Crippen LogP contribution in [-0.4, -0.2) is 51.4 Å². The molecule has 0 spiro atoms. The molecular weight excluding hydrogens is 436 g/mol. The number of carbonyl (C=O) groups is 1. The first-order valence-corrected chi connectivity index (χ1v) is 11.7. The Morgan fingerprint density at radius 2 is 2.06 bits per heavy atom. The molecule has 1 atom stereocenters. The largest absolute Gasteiger partial charge is 0.443 e. The van der Waals surface area contributed by atoms with Crippen molar-refractivity contribution in [3.8, 4) is 11.6 Å². The maximum atomic E-state index is 11.7. The number of oxazole rings is 1. The molecule has 4 rings (SSSR count). The van der Waals surface area contributed by atoms with Crippen molar-refractivity contribution < 1.29 is 22.8 Å². The number of urea groups is 1. The van der Waals surface area contributed by atoms with E-state index in [4.69, 9.17) is 10.2 Å². The first kappa shape index (κ1) is 21.7. The molecule has 0 bridgehead atoms. The summed E-state index contributed by atoms with van der Waals surface area (Å²) in [5.74, 6) is 0.327. The molecule has 168 valence electrons. The Morgan fingerprint density at radius 1 is 1.31 bits per heavy atom. The second kappa shape index (κ2) is 8.55. The molecule has 1 aliphatic carbocycles. The van der Waals surface area contributed by atoms with E-state index in [2.05, 4.69) is 26.5 Å². The molecular formula is C20H22N6O5S. The summed E-state index contributed by atoms with van der Waals surface area (Å²) < 4.78 is 29.0. The van der Waals surface area contributed by atoms with Crippen molar-refractivity contribution in [3.05, 3.63) is 53.6 Å². The zero-order valence-electron chi connectivity index (χ0n) is 17.2. The van der Waals surface area contributed by atoms with Gasteiger partial charge in [-0.3, -0.25) is 5.21 Å². The smallest absolute Gasteiger partial charge is 0.338 e. The number of nitrogens with zero attached hydrogens (tertiary/aromatic N) is 4. The Kier molecular flexibility index (Phi) is 5.80. The minimum absolute atomic E-state index is 0.109. The highest BCUT2D eigenvalue weighted by Crippen LogP contribution is 2.37. The van der Waals surface area contributed by atoms with E-state index in [1.807, 2.05) is 12.1 Å². The summed E-state index contributed by atoms with van der Waals surface area (Å²) in [4.78, 5) is 15.9. The molecule has 0 saturated carbocycles. The Bertz CT molecular complexity index is 1260. The van der Waals surface area contributed by atoms with Crippen molar-refractivity contribution >= 4 is 21.4 Å². The molecule has 2 amide bonds. The standard InChI is InChI=1S/C20H22N6O5S/c1-32(29,30)15-7-5-12(6-8-15)13-3-2-4-14(9-13)17-11-31-19(22-17)18-16(23-25-24-18)10-26(28)20(21)27/h3,5-8,11,14,28H,2,4,9-10H2,1H3,(H2,21,27)(H,23,24,25). The van der Waals surface area contributed by atoms with Gasteiger partial charge in [-0.1, -0.05) is 18.2 Å². The number of sulfone groups is 1. The molecule has 2 heterocycles. The van der Waals surface area contributed by atoms with Crippen LogP contribution in [0.1, 0.15) is 42.1 Å². The lowest BCUT2D eigenvalue weighted by Gasteiger charge is -2.21. The van der Waals surface area contributed by atoms with E-state index in [0.29, 0.717) is 5.06 Å². The van der Waals surface area contributed by atoms with Crippen LogP contribution in [0.25, 0.3) is 17.2 Å². The van der Waals surface area contributed by atoms with Gasteiger partial charge in [0, 0.05) is 12.2 Å². The molecule has 12 heteroatoms. The van der Waals surface area contributed by atoms with Crippen molar-refractivity contribution in [2.75, 3.05) is 6.26 Å². The molecule has 32 heavy (non-hydrogen) atoms. The van der Waals surface area contributed by atoms with Gasteiger partial charge in [0.15, 0.2) is 15.5 Å². The maximum Gasteiger partial charge on any atom is 0.338 e. The normalized spacial score (nSPS) is 16.6. The van der Waals surface area contributed by atoms with Gasteiger partial charge in [-0.25, -0.2) is 23.3 Å². The van der Waals surface area contributed by atoms with E-state index < -0.39 is 15.9 Å². The summed E-state index contributed by atoms with van der Waals surface area (Å²) in [5, 5.41) is 20.2. The van der Waals surface area contributed by atoms with Gasteiger partial charge >= 0.3 is 6.03 Å². The van der Waals surface area contributed by atoms with Gasteiger partial charge in [0.05, 0.1) is 17.1 Å². The zero-order chi connectivity index (χ0) is 22.9. The fraction of sp³-hybridized carbons (Fsp3) is 0.300. The molecule has 3 aromatic rings. The van der Waals surface area contributed by atoms with Gasteiger partial charge in [0.25, 0.3) is 0 Å². The van der Waals surface area contributed by atoms with Crippen molar-refractivity contribution in [1.82, 2.24) is 25.5 Å². The van der Waals surface area contributed by atoms with Gasteiger partial charge < -0.3 is 10.2 Å². The Balaban J connectivity index is 1.51. The minimum Gasteiger partial charge on any atom is -0.443 e. The van der Waals surface area contributed by atoms with Crippen molar-refractivity contribution in [1.29, 1.82) is 0 Å². The number of hydrogen-bond donors (Lipinski definition) is 3.